The monoisotopic (exact) mass is 448 g/mol. The SMILES string of the molecule is COc1cccc(/C=C2\N=C(c3cccc(F)c3)OC2=O)c1OCc1cccc([N+](=O)[O-])c1. The van der Waals surface area contributed by atoms with Crippen LogP contribution in [0, 0.1) is 15.9 Å². The number of rotatable bonds is 7. The molecule has 3 aromatic carbocycles. The number of hydrogen-bond donors (Lipinski definition) is 0. The summed E-state index contributed by atoms with van der Waals surface area (Å²) in [7, 11) is 1.47. The summed E-state index contributed by atoms with van der Waals surface area (Å²) in [6.45, 7) is 0.0283. The molecule has 0 saturated heterocycles. The fourth-order valence-corrected chi connectivity index (χ4v) is 3.18. The third-order valence-corrected chi connectivity index (χ3v) is 4.72. The van der Waals surface area contributed by atoms with Gasteiger partial charge in [-0.2, -0.15) is 0 Å². The van der Waals surface area contributed by atoms with Crippen molar-refractivity contribution in [1.82, 2.24) is 0 Å². The molecule has 0 saturated carbocycles. The number of carbonyl (C=O) groups is 1. The van der Waals surface area contributed by atoms with Gasteiger partial charge < -0.3 is 14.2 Å². The maximum Gasteiger partial charge on any atom is 0.363 e. The Hall–Kier alpha value is -4.53. The lowest BCUT2D eigenvalue weighted by molar-refractivity contribution is -0.384. The molecule has 0 amide bonds. The number of para-hydroxylation sites is 1. The highest BCUT2D eigenvalue weighted by Crippen LogP contribution is 2.34. The predicted molar refractivity (Wildman–Crippen MR) is 117 cm³/mol. The van der Waals surface area contributed by atoms with Crippen LogP contribution < -0.4 is 9.47 Å². The smallest absolute Gasteiger partial charge is 0.363 e. The predicted octanol–water partition coefficient (Wildman–Crippen LogP) is 4.67. The van der Waals surface area contributed by atoms with E-state index in [-0.39, 0.29) is 23.9 Å². The first-order valence-electron chi connectivity index (χ1n) is 9.76. The van der Waals surface area contributed by atoms with Gasteiger partial charge >= 0.3 is 5.97 Å². The molecule has 0 aliphatic carbocycles. The van der Waals surface area contributed by atoms with Crippen LogP contribution in [0.25, 0.3) is 6.08 Å². The molecule has 0 atom stereocenters. The molecular weight excluding hydrogens is 431 g/mol. The number of benzene rings is 3. The first-order chi connectivity index (χ1) is 15.9. The number of ether oxygens (including phenoxy) is 3. The average molecular weight is 448 g/mol. The second kappa shape index (κ2) is 9.31. The van der Waals surface area contributed by atoms with E-state index < -0.39 is 16.7 Å². The van der Waals surface area contributed by atoms with Crippen LogP contribution in [-0.2, 0) is 16.1 Å². The molecular formula is C24H17FN2O6. The standard InChI is InChI=1S/C24H17FN2O6/c1-31-21-10-4-6-16(22(21)32-14-15-5-2-9-19(11-15)27(29)30)13-20-24(28)33-23(26-20)17-7-3-8-18(25)12-17/h2-13H,14H2,1H3/b20-13-. The van der Waals surface area contributed by atoms with Gasteiger partial charge in [-0.1, -0.05) is 30.3 Å². The molecule has 0 unspecified atom stereocenters. The van der Waals surface area contributed by atoms with E-state index in [4.69, 9.17) is 14.2 Å². The summed E-state index contributed by atoms with van der Waals surface area (Å²) in [4.78, 5) is 27.1. The molecule has 1 aliphatic heterocycles. The number of nitrogens with zero attached hydrogens (tertiary/aromatic N) is 2. The van der Waals surface area contributed by atoms with Gasteiger partial charge in [-0.25, -0.2) is 14.2 Å². The Morgan fingerprint density at radius 1 is 1.12 bits per heavy atom. The number of nitro benzene ring substituents is 1. The van der Waals surface area contributed by atoms with Crippen LogP contribution in [0.15, 0.2) is 77.4 Å². The highest BCUT2D eigenvalue weighted by Gasteiger charge is 2.25. The molecule has 9 heteroatoms. The van der Waals surface area contributed by atoms with Crippen LogP contribution in [0.3, 0.4) is 0 Å². The lowest BCUT2D eigenvalue weighted by Crippen LogP contribution is -2.05. The fourth-order valence-electron chi connectivity index (χ4n) is 3.18. The van der Waals surface area contributed by atoms with E-state index in [1.165, 1.54) is 43.5 Å². The zero-order chi connectivity index (χ0) is 23.4. The molecule has 0 N–H and O–H groups in total. The fraction of sp³-hybridized carbons (Fsp3) is 0.0833. The Morgan fingerprint density at radius 3 is 2.67 bits per heavy atom. The third-order valence-electron chi connectivity index (χ3n) is 4.72. The van der Waals surface area contributed by atoms with E-state index in [0.29, 0.717) is 28.2 Å². The molecule has 0 radical (unpaired) electrons. The summed E-state index contributed by atoms with van der Waals surface area (Å²) in [5.74, 6) is -0.459. The first kappa shape index (κ1) is 21.7. The topological polar surface area (TPSA) is 100 Å². The molecule has 4 rings (SSSR count). The number of halogens is 1. The van der Waals surface area contributed by atoms with Crippen LogP contribution in [-0.4, -0.2) is 23.9 Å². The summed E-state index contributed by atoms with van der Waals surface area (Å²) in [6.07, 6.45) is 1.47. The second-order valence-electron chi connectivity index (χ2n) is 6.94. The Labute approximate surface area is 187 Å². The average Bonchev–Trinajstić information content (AvgIpc) is 3.18. The van der Waals surface area contributed by atoms with Crippen molar-refractivity contribution in [3.63, 3.8) is 0 Å². The zero-order valence-electron chi connectivity index (χ0n) is 17.4. The van der Waals surface area contributed by atoms with E-state index in [0.717, 1.165) is 0 Å². The number of cyclic esters (lactones) is 1. The largest absolute Gasteiger partial charge is 0.493 e. The van der Waals surface area contributed by atoms with Gasteiger partial charge in [0.15, 0.2) is 17.2 Å². The number of carbonyl (C=O) groups excluding carboxylic acids is 1. The number of non-ortho nitro benzene ring substituents is 1. The summed E-state index contributed by atoms with van der Waals surface area (Å²) in [5, 5.41) is 11.0. The number of nitro groups is 1. The van der Waals surface area contributed by atoms with Gasteiger partial charge in [0, 0.05) is 23.3 Å². The Kier molecular flexibility index (Phi) is 6.12. The normalized spacial score (nSPS) is 14.1. The Balaban J connectivity index is 1.64. The maximum atomic E-state index is 13.5. The van der Waals surface area contributed by atoms with Crippen LogP contribution in [0.2, 0.25) is 0 Å². The second-order valence-corrected chi connectivity index (χ2v) is 6.94. The van der Waals surface area contributed by atoms with Crippen LogP contribution in [0.4, 0.5) is 10.1 Å². The van der Waals surface area contributed by atoms with Gasteiger partial charge in [0.05, 0.1) is 12.0 Å². The molecule has 0 spiro atoms. The van der Waals surface area contributed by atoms with Gasteiger partial charge in [-0.15, -0.1) is 0 Å². The summed E-state index contributed by atoms with van der Waals surface area (Å²) < 4.78 is 30.0. The van der Waals surface area contributed by atoms with Crippen molar-refractivity contribution in [2.24, 2.45) is 4.99 Å². The number of aliphatic imine (C=N–C) groups is 1. The van der Waals surface area contributed by atoms with Crippen molar-refractivity contribution >= 4 is 23.6 Å². The maximum absolute atomic E-state index is 13.5. The molecule has 166 valence electrons. The van der Waals surface area contributed by atoms with Crippen LogP contribution in [0.1, 0.15) is 16.7 Å². The molecule has 3 aromatic rings. The molecule has 1 aliphatic rings. The Bertz CT molecular complexity index is 1300. The van der Waals surface area contributed by atoms with E-state index in [1.54, 1.807) is 36.4 Å². The lowest BCUT2D eigenvalue weighted by atomic mass is 10.1. The van der Waals surface area contributed by atoms with Gasteiger partial charge in [-0.3, -0.25) is 10.1 Å². The van der Waals surface area contributed by atoms with Gasteiger partial charge in [0.2, 0.25) is 5.90 Å². The van der Waals surface area contributed by atoms with Crippen molar-refractivity contribution in [2.45, 2.75) is 6.61 Å². The molecule has 0 fully saturated rings. The molecule has 1 heterocycles. The molecule has 8 nitrogen and oxygen atoms in total. The summed E-state index contributed by atoms with van der Waals surface area (Å²) in [5.41, 5.74) is 1.35. The van der Waals surface area contributed by atoms with Crippen molar-refractivity contribution in [3.05, 3.63) is 105 Å². The third kappa shape index (κ3) is 4.87. The highest BCUT2D eigenvalue weighted by molar-refractivity contribution is 6.13. The molecule has 33 heavy (non-hydrogen) atoms. The van der Waals surface area contributed by atoms with E-state index in [9.17, 15) is 19.3 Å². The minimum atomic E-state index is -0.693. The van der Waals surface area contributed by atoms with Crippen LogP contribution in [0.5, 0.6) is 11.5 Å². The van der Waals surface area contributed by atoms with Crippen molar-refractivity contribution in [1.29, 1.82) is 0 Å². The number of hydrogen-bond acceptors (Lipinski definition) is 7. The zero-order valence-corrected chi connectivity index (χ0v) is 17.4. The van der Waals surface area contributed by atoms with Crippen molar-refractivity contribution < 1.29 is 28.3 Å². The Morgan fingerprint density at radius 2 is 1.91 bits per heavy atom. The summed E-state index contributed by atoms with van der Waals surface area (Å²) in [6, 6.07) is 16.7. The van der Waals surface area contributed by atoms with Gasteiger partial charge in [-0.05, 0) is 35.9 Å². The molecule has 0 bridgehead atoms. The quantitative estimate of drug-likeness (QED) is 0.225. The molecule has 0 aromatic heterocycles. The number of methoxy groups -OCH3 is 1. The van der Waals surface area contributed by atoms with Crippen LogP contribution >= 0.6 is 0 Å². The van der Waals surface area contributed by atoms with Gasteiger partial charge in [0.1, 0.15) is 12.4 Å². The lowest BCUT2D eigenvalue weighted by Gasteiger charge is -2.13. The van der Waals surface area contributed by atoms with E-state index in [1.807, 2.05) is 0 Å². The van der Waals surface area contributed by atoms with Gasteiger partial charge in [0.25, 0.3) is 5.69 Å². The highest BCUT2D eigenvalue weighted by atomic mass is 19.1. The van der Waals surface area contributed by atoms with E-state index >= 15 is 0 Å². The minimum Gasteiger partial charge on any atom is -0.493 e. The minimum absolute atomic E-state index is 0.00251. The van der Waals surface area contributed by atoms with Crippen molar-refractivity contribution in [3.8, 4) is 11.5 Å². The number of esters is 1. The first-order valence-corrected chi connectivity index (χ1v) is 9.76. The van der Waals surface area contributed by atoms with Crippen molar-refractivity contribution in [2.75, 3.05) is 7.11 Å². The summed E-state index contributed by atoms with van der Waals surface area (Å²) >= 11 is 0. The van der Waals surface area contributed by atoms with E-state index in [2.05, 4.69) is 4.99 Å².